The van der Waals surface area contributed by atoms with Gasteiger partial charge >= 0.3 is 0 Å². The number of methoxy groups -OCH3 is 1. The molecular formula is C9H21NO. The average molecular weight is 159 g/mol. The fourth-order valence-electron chi connectivity index (χ4n) is 1.34. The van der Waals surface area contributed by atoms with E-state index in [1.807, 2.05) is 0 Å². The first-order valence-electron chi connectivity index (χ1n) is 4.45. The molecule has 0 heterocycles. The highest BCUT2D eigenvalue weighted by Gasteiger charge is 2.12. The van der Waals surface area contributed by atoms with Gasteiger partial charge in [-0.3, -0.25) is 0 Å². The summed E-state index contributed by atoms with van der Waals surface area (Å²) >= 11 is 0. The first kappa shape index (κ1) is 10.9. The van der Waals surface area contributed by atoms with Crippen molar-refractivity contribution in [3.05, 3.63) is 0 Å². The van der Waals surface area contributed by atoms with Crippen LogP contribution in [0.3, 0.4) is 0 Å². The highest BCUT2D eigenvalue weighted by Crippen LogP contribution is 2.17. The van der Waals surface area contributed by atoms with Crippen molar-refractivity contribution in [1.29, 1.82) is 0 Å². The summed E-state index contributed by atoms with van der Waals surface area (Å²) in [7, 11) is 1.75. The standard InChI is InChI=1S/C9H21NO/c1-4-9(7-10)8(2)5-6-11-3/h8-9H,4-7,10H2,1-3H3. The van der Waals surface area contributed by atoms with E-state index in [0.717, 1.165) is 19.6 Å². The summed E-state index contributed by atoms with van der Waals surface area (Å²) in [4.78, 5) is 0. The normalized spacial score (nSPS) is 16.4. The van der Waals surface area contributed by atoms with Crippen LogP contribution < -0.4 is 5.73 Å². The van der Waals surface area contributed by atoms with Gasteiger partial charge in [0.2, 0.25) is 0 Å². The molecule has 0 aliphatic heterocycles. The fraction of sp³-hybridized carbons (Fsp3) is 1.00. The molecule has 0 aromatic carbocycles. The van der Waals surface area contributed by atoms with E-state index >= 15 is 0 Å². The molecule has 0 rings (SSSR count). The van der Waals surface area contributed by atoms with Crippen molar-refractivity contribution < 1.29 is 4.74 Å². The molecule has 11 heavy (non-hydrogen) atoms. The van der Waals surface area contributed by atoms with Gasteiger partial charge in [-0.15, -0.1) is 0 Å². The zero-order chi connectivity index (χ0) is 8.69. The summed E-state index contributed by atoms with van der Waals surface area (Å²) in [5.74, 6) is 1.37. The summed E-state index contributed by atoms with van der Waals surface area (Å²) < 4.78 is 5.01. The van der Waals surface area contributed by atoms with Gasteiger partial charge < -0.3 is 10.5 Å². The van der Waals surface area contributed by atoms with Crippen LogP contribution in [0, 0.1) is 11.8 Å². The lowest BCUT2D eigenvalue weighted by molar-refractivity contribution is 0.165. The Hall–Kier alpha value is -0.0800. The molecule has 2 N–H and O–H groups in total. The van der Waals surface area contributed by atoms with Crippen LogP contribution >= 0.6 is 0 Å². The summed E-state index contributed by atoms with van der Waals surface area (Å²) in [5, 5.41) is 0. The molecule has 2 heteroatoms. The second kappa shape index (κ2) is 6.62. The lowest BCUT2D eigenvalue weighted by atomic mass is 9.89. The third-order valence-corrected chi connectivity index (χ3v) is 2.41. The van der Waals surface area contributed by atoms with E-state index in [-0.39, 0.29) is 0 Å². The number of hydrogen-bond donors (Lipinski definition) is 1. The Morgan fingerprint density at radius 3 is 2.45 bits per heavy atom. The monoisotopic (exact) mass is 159 g/mol. The van der Waals surface area contributed by atoms with Crippen molar-refractivity contribution in [3.8, 4) is 0 Å². The van der Waals surface area contributed by atoms with E-state index < -0.39 is 0 Å². The molecule has 0 amide bonds. The minimum absolute atomic E-state index is 0.671. The van der Waals surface area contributed by atoms with Crippen LogP contribution in [-0.2, 0) is 4.74 Å². The van der Waals surface area contributed by atoms with Crippen molar-refractivity contribution in [2.24, 2.45) is 17.6 Å². The summed E-state index contributed by atoms with van der Waals surface area (Å²) in [6.45, 7) is 6.11. The summed E-state index contributed by atoms with van der Waals surface area (Å²) in [6, 6.07) is 0. The predicted octanol–water partition coefficient (Wildman–Crippen LogP) is 1.64. The van der Waals surface area contributed by atoms with Crippen LogP contribution in [0.2, 0.25) is 0 Å². The molecule has 2 atom stereocenters. The van der Waals surface area contributed by atoms with Crippen molar-refractivity contribution >= 4 is 0 Å². The summed E-state index contributed by atoms with van der Waals surface area (Å²) in [5.41, 5.74) is 5.62. The number of ether oxygens (including phenoxy) is 1. The van der Waals surface area contributed by atoms with Crippen molar-refractivity contribution in [3.63, 3.8) is 0 Å². The minimum Gasteiger partial charge on any atom is -0.385 e. The van der Waals surface area contributed by atoms with E-state index in [2.05, 4.69) is 13.8 Å². The predicted molar refractivity (Wildman–Crippen MR) is 48.5 cm³/mol. The van der Waals surface area contributed by atoms with Crippen molar-refractivity contribution in [2.75, 3.05) is 20.3 Å². The number of nitrogens with two attached hydrogens (primary N) is 1. The second-order valence-electron chi connectivity index (χ2n) is 3.16. The first-order valence-corrected chi connectivity index (χ1v) is 4.45. The van der Waals surface area contributed by atoms with Gasteiger partial charge in [-0.05, 0) is 24.8 Å². The van der Waals surface area contributed by atoms with Crippen molar-refractivity contribution in [2.45, 2.75) is 26.7 Å². The van der Waals surface area contributed by atoms with Gasteiger partial charge in [0.05, 0.1) is 0 Å². The lowest BCUT2D eigenvalue weighted by Gasteiger charge is -2.20. The van der Waals surface area contributed by atoms with E-state index in [9.17, 15) is 0 Å². The highest BCUT2D eigenvalue weighted by atomic mass is 16.5. The Balaban J connectivity index is 3.51. The van der Waals surface area contributed by atoms with Crippen LogP contribution in [0.4, 0.5) is 0 Å². The van der Waals surface area contributed by atoms with Gasteiger partial charge in [0, 0.05) is 13.7 Å². The molecule has 2 nitrogen and oxygen atoms in total. The Morgan fingerprint density at radius 1 is 1.45 bits per heavy atom. The third-order valence-electron chi connectivity index (χ3n) is 2.41. The van der Waals surface area contributed by atoms with Crippen LogP contribution in [0.15, 0.2) is 0 Å². The van der Waals surface area contributed by atoms with E-state index in [4.69, 9.17) is 10.5 Å². The van der Waals surface area contributed by atoms with Gasteiger partial charge in [0.25, 0.3) is 0 Å². The van der Waals surface area contributed by atoms with Gasteiger partial charge in [-0.2, -0.15) is 0 Å². The van der Waals surface area contributed by atoms with Crippen LogP contribution in [0.1, 0.15) is 26.7 Å². The maximum Gasteiger partial charge on any atom is 0.0464 e. The van der Waals surface area contributed by atoms with Gasteiger partial charge in [-0.25, -0.2) is 0 Å². The topological polar surface area (TPSA) is 35.2 Å². The lowest BCUT2D eigenvalue weighted by Crippen LogP contribution is -2.21. The average Bonchev–Trinajstić information content (AvgIpc) is 2.03. The molecule has 0 aromatic rings. The molecule has 0 saturated carbocycles. The summed E-state index contributed by atoms with van der Waals surface area (Å²) in [6.07, 6.45) is 2.31. The van der Waals surface area contributed by atoms with E-state index in [0.29, 0.717) is 11.8 Å². The zero-order valence-electron chi connectivity index (χ0n) is 7.97. The Kier molecular flexibility index (Phi) is 6.57. The molecule has 0 aliphatic carbocycles. The third kappa shape index (κ3) is 4.38. The maximum atomic E-state index is 5.62. The van der Waals surface area contributed by atoms with E-state index in [1.54, 1.807) is 7.11 Å². The smallest absolute Gasteiger partial charge is 0.0464 e. The Bertz CT molecular complexity index is 81.6. The first-order chi connectivity index (χ1) is 5.26. The van der Waals surface area contributed by atoms with Crippen LogP contribution in [0.5, 0.6) is 0 Å². The Labute approximate surface area is 70.1 Å². The Morgan fingerprint density at radius 2 is 2.09 bits per heavy atom. The second-order valence-corrected chi connectivity index (χ2v) is 3.16. The largest absolute Gasteiger partial charge is 0.385 e. The SMILES string of the molecule is CCC(CN)C(C)CCOC. The number of rotatable bonds is 6. The van der Waals surface area contributed by atoms with E-state index in [1.165, 1.54) is 6.42 Å². The quantitative estimate of drug-likeness (QED) is 0.639. The molecular weight excluding hydrogens is 138 g/mol. The van der Waals surface area contributed by atoms with Gasteiger partial charge in [0.15, 0.2) is 0 Å². The molecule has 0 radical (unpaired) electrons. The molecule has 0 fully saturated rings. The van der Waals surface area contributed by atoms with Crippen LogP contribution in [-0.4, -0.2) is 20.3 Å². The molecule has 0 aliphatic rings. The van der Waals surface area contributed by atoms with Crippen LogP contribution in [0.25, 0.3) is 0 Å². The molecule has 0 spiro atoms. The molecule has 2 unspecified atom stereocenters. The molecule has 0 saturated heterocycles. The molecule has 0 bridgehead atoms. The molecule has 0 aromatic heterocycles. The van der Waals surface area contributed by atoms with Gasteiger partial charge in [0.1, 0.15) is 0 Å². The minimum atomic E-state index is 0.671. The zero-order valence-corrected chi connectivity index (χ0v) is 7.97. The molecule has 68 valence electrons. The van der Waals surface area contributed by atoms with Crippen molar-refractivity contribution in [1.82, 2.24) is 0 Å². The van der Waals surface area contributed by atoms with Gasteiger partial charge in [-0.1, -0.05) is 20.3 Å². The number of hydrogen-bond acceptors (Lipinski definition) is 2. The fourth-order valence-corrected chi connectivity index (χ4v) is 1.34. The highest BCUT2D eigenvalue weighted by molar-refractivity contribution is 4.65. The maximum absolute atomic E-state index is 5.62.